The Bertz CT molecular complexity index is 913. The maximum absolute atomic E-state index is 12.3. The summed E-state index contributed by atoms with van der Waals surface area (Å²) in [5.74, 6) is 0.477. The zero-order valence-electron chi connectivity index (χ0n) is 14.3. The van der Waals surface area contributed by atoms with Crippen molar-refractivity contribution in [2.24, 2.45) is 0 Å². The second-order valence-corrected chi connectivity index (χ2v) is 8.19. The summed E-state index contributed by atoms with van der Waals surface area (Å²) in [6.07, 6.45) is 0. The van der Waals surface area contributed by atoms with E-state index in [-0.39, 0.29) is 10.7 Å². The normalized spacial score (nSPS) is 12.5. The van der Waals surface area contributed by atoms with E-state index in [9.17, 15) is 4.79 Å². The maximum Gasteiger partial charge on any atom is 0.228 e. The molecular formula is C20H23NOS. The first kappa shape index (κ1) is 16.1. The smallest absolute Gasteiger partial charge is 0.228 e. The number of hydrogen-bond acceptors (Lipinski definition) is 2. The zero-order chi connectivity index (χ0) is 16.9. The van der Waals surface area contributed by atoms with Crippen LogP contribution in [0.1, 0.15) is 56.5 Å². The lowest BCUT2D eigenvalue weighted by Gasteiger charge is -2.18. The quantitative estimate of drug-likeness (QED) is 0.596. The average Bonchev–Trinajstić information content (AvgIpc) is 2.78. The topological polar surface area (TPSA) is 22.0 Å². The largest absolute Gasteiger partial charge is 0.280 e. The first-order chi connectivity index (χ1) is 10.7. The number of fused-ring (bicyclic) bond motifs is 3. The molecule has 0 spiro atoms. The summed E-state index contributed by atoms with van der Waals surface area (Å²) < 4.78 is 1.59. The molecular weight excluding hydrogens is 302 g/mol. The molecule has 0 aliphatic carbocycles. The van der Waals surface area contributed by atoms with Crippen LogP contribution in [0.3, 0.4) is 0 Å². The Morgan fingerprint density at radius 3 is 2.13 bits per heavy atom. The number of nitrogens with zero attached hydrogens (tertiary/aromatic N) is 1. The van der Waals surface area contributed by atoms with Gasteiger partial charge < -0.3 is 0 Å². The molecule has 0 fully saturated rings. The molecule has 0 saturated heterocycles. The Morgan fingerprint density at radius 2 is 1.61 bits per heavy atom. The van der Waals surface area contributed by atoms with Gasteiger partial charge in [0.25, 0.3) is 0 Å². The van der Waals surface area contributed by atoms with Crippen molar-refractivity contribution >= 4 is 40.3 Å². The lowest BCUT2D eigenvalue weighted by atomic mass is 9.99. The van der Waals surface area contributed by atoms with Crippen LogP contribution in [0.25, 0.3) is 21.8 Å². The van der Waals surface area contributed by atoms with Crippen LogP contribution < -0.4 is 0 Å². The molecule has 0 atom stereocenters. The van der Waals surface area contributed by atoms with E-state index < -0.39 is 0 Å². The van der Waals surface area contributed by atoms with Gasteiger partial charge in [0.05, 0.1) is 11.0 Å². The fourth-order valence-corrected chi connectivity index (χ4v) is 3.25. The van der Waals surface area contributed by atoms with Crippen molar-refractivity contribution < 1.29 is 4.79 Å². The van der Waals surface area contributed by atoms with Gasteiger partial charge in [-0.05, 0) is 43.0 Å². The van der Waals surface area contributed by atoms with Gasteiger partial charge in [-0.1, -0.05) is 38.1 Å². The number of carbonyl (C=O) groups excluding carboxylic acids is 1. The minimum absolute atomic E-state index is 0.0417. The zero-order valence-corrected chi connectivity index (χ0v) is 15.2. The molecule has 0 N–H and O–H groups in total. The Morgan fingerprint density at radius 1 is 1.04 bits per heavy atom. The van der Waals surface area contributed by atoms with Crippen molar-refractivity contribution in [1.29, 1.82) is 0 Å². The van der Waals surface area contributed by atoms with Crippen molar-refractivity contribution in [2.45, 2.75) is 45.3 Å². The summed E-state index contributed by atoms with van der Waals surface area (Å²) in [5, 5.41) is 2.25. The van der Waals surface area contributed by atoms with Crippen LogP contribution in [-0.4, -0.2) is 10.5 Å². The fraction of sp³-hybridized carbons (Fsp3) is 0.350. The first-order valence-electron chi connectivity index (χ1n) is 8.02. The van der Waals surface area contributed by atoms with E-state index in [2.05, 4.69) is 76.7 Å². The van der Waals surface area contributed by atoms with Gasteiger partial charge in [0, 0.05) is 22.4 Å². The summed E-state index contributed by atoms with van der Waals surface area (Å²) in [4.78, 5) is 12.3. The first-order valence-corrected chi connectivity index (χ1v) is 8.47. The molecule has 1 aromatic heterocycles. The van der Waals surface area contributed by atoms with E-state index in [1.165, 1.54) is 5.56 Å². The Labute approximate surface area is 142 Å². The van der Waals surface area contributed by atoms with E-state index in [0.29, 0.717) is 5.92 Å². The summed E-state index contributed by atoms with van der Waals surface area (Å²) in [7, 11) is 0. The van der Waals surface area contributed by atoms with E-state index in [4.69, 9.17) is 0 Å². The van der Waals surface area contributed by atoms with E-state index in [1.807, 2.05) is 4.57 Å². The van der Waals surface area contributed by atoms with E-state index in [0.717, 1.165) is 27.4 Å². The van der Waals surface area contributed by atoms with Crippen LogP contribution >= 0.6 is 12.6 Å². The van der Waals surface area contributed by atoms with Crippen LogP contribution in [0.4, 0.5) is 0 Å². The molecule has 3 rings (SSSR count). The standard InChI is InChI=1S/C20H23NOS/c1-12(2)14-6-8-16-17-9-7-15(20(4,5)23)11-19(17)21(13(3)22)18(16)10-14/h6-12,23H,1-5H3. The van der Waals surface area contributed by atoms with Crippen LogP contribution in [0.2, 0.25) is 0 Å². The molecule has 2 nitrogen and oxygen atoms in total. The number of thiol groups is 1. The minimum Gasteiger partial charge on any atom is -0.280 e. The molecule has 0 bridgehead atoms. The van der Waals surface area contributed by atoms with Gasteiger partial charge in [-0.3, -0.25) is 9.36 Å². The molecule has 2 aromatic carbocycles. The Kier molecular flexibility index (Phi) is 3.80. The number of benzene rings is 2. The highest BCUT2D eigenvalue weighted by molar-refractivity contribution is 7.81. The van der Waals surface area contributed by atoms with Gasteiger partial charge >= 0.3 is 0 Å². The molecule has 0 saturated carbocycles. The van der Waals surface area contributed by atoms with Gasteiger partial charge in [-0.25, -0.2) is 0 Å². The van der Waals surface area contributed by atoms with Crippen LogP contribution in [0.5, 0.6) is 0 Å². The highest BCUT2D eigenvalue weighted by Crippen LogP contribution is 2.35. The molecule has 1 heterocycles. The van der Waals surface area contributed by atoms with Crippen molar-refractivity contribution in [1.82, 2.24) is 4.57 Å². The monoisotopic (exact) mass is 325 g/mol. The van der Waals surface area contributed by atoms with Crippen molar-refractivity contribution in [3.63, 3.8) is 0 Å². The Hall–Kier alpha value is -1.74. The van der Waals surface area contributed by atoms with Crippen LogP contribution in [0, 0.1) is 0 Å². The number of hydrogen-bond donors (Lipinski definition) is 1. The van der Waals surface area contributed by atoms with Gasteiger partial charge in [-0.15, -0.1) is 0 Å². The van der Waals surface area contributed by atoms with Crippen molar-refractivity contribution in [3.05, 3.63) is 47.5 Å². The predicted octanol–water partition coefficient (Wildman–Crippen LogP) is 5.74. The van der Waals surface area contributed by atoms with Crippen LogP contribution in [-0.2, 0) is 4.75 Å². The summed E-state index contributed by atoms with van der Waals surface area (Å²) >= 11 is 4.67. The van der Waals surface area contributed by atoms with Gasteiger partial charge in [0.1, 0.15) is 0 Å². The lowest BCUT2D eigenvalue weighted by molar-refractivity contribution is 0.0946. The lowest BCUT2D eigenvalue weighted by Crippen LogP contribution is -2.09. The Balaban J connectivity index is 2.43. The number of aromatic nitrogens is 1. The molecule has 0 amide bonds. The average molecular weight is 325 g/mol. The van der Waals surface area contributed by atoms with Crippen molar-refractivity contribution in [2.75, 3.05) is 0 Å². The summed E-state index contributed by atoms with van der Waals surface area (Å²) in [6.45, 7) is 10.1. The molecule has 0 aliphatic heterocycles. The summed E-state index contributed by atoms with van der Waals surface area (Å²) in [5.41, 5.74) is 4.32. The molecule has 3 heteroatoms. The predicted molar refractivity (Wildman–Crippen MR) is 102 cm³/mol. The fourth-order valence-electron chi connectivity index (χ4n) is 3.11. The third-order valence-electron chi connectivity index (χ3n) is 4.48. The highest BCUT2D eigenvalue weighted by atomic mass is 32.1. The molecule has 120 valence electrons. The van der Waals surface area contributed by atoms with Gasteiger partial charge in [0.15, 0.2) is 0 Å². The summed E-state index contributed by atoms with van der Waals surface area (Å²) in [6, 6.07) is 12.8. The maximum atomic E-state index is 12.3. The van der Waals surface area contributed by atoms with Crippen LogP contribution in [0.15, 0.2) is 36.4 Å². The van der Waals surface area contributed by atoms with Gasteiger partial charge in [0.2, 0.25) is 5.91 Å². The third-order valence-corrected chi connectivity index (χ3v) is 4.74. The van der Waals surface area contributed by atoms with Gasteiger partial charge in [-0.2, -0.15) is 12.6 Å². The molecule has 0 unspecified atom stereocenters. The second-order valence-electron chi connectivity index (χ2n) is 7.08. The SMILES string of the molecule is CC(=O)n1c2cc(C(C)C)ccc2c2ccc(C(C)(C)S)cc21. The molecule has 23 heavy (non-hydrogen) atoms. The molecule has 3 aromatic rings. The third kappa shape index (κ3) is 2.67. The second kappa shape index (κ2) is 5.41. The molecule has 0 radical (unpaired) electrons. The van der Waals surface area contributed by atoms with E-state index >= 15 is 0 Å². The van der Waals surface area contributed by atoms with Crippen molar-refractivity contribution in [3.8, 4) is 0 Å². The molecule has 0 aliphatic rings. The number of carbonyl (C=O) groups is 1. The van der Waals surface area contributed by atoms with E-state index in [1.54, 1.807) is 6.92 Å². The number of rotatable bonds is 2. The highest BCUT2D eigenvalue weighted by Gasteiger charge is 2.19. The minimum atomic E-state index is -0.241.